The first-order chi connectivity index (χ1) is 5.93. The number of nitrogens with zero attached hydrogens (tertiary/aromatic N) is 1. The van der Waals surface area contributed by atoms with Gasteiger partial charge >= 0.3 is 0 Å². The van der Waals surface area contributed by atoms with E-state index in [4.69, 9.17) is 6.42 Å². The molecule has 72 valence electrons. The van der Waals surface area contributed by atoms with Crippen LogP contribution in [0.15, 0.2) is 12.2 Å². The van der Waals surface area contributed by atoms with Crippen molar-refractivity contribution >= 4 is 0 Å². The Kier molecular flexibility index (Phi) is 2.54. The third-order valence-electron chi connectivity index (χ3n) is 3.44. The number of hydrogen-bond donors (Lipinski definition) is 0. The van der Waals surface area contributed by atoms with Crippen LogP contribution in [0.4, 0.5) is 0 Å². The maximum atomic E-state index is 5.52. The molecular formula is C12H19N. The van der Waals surface area contributed by atoms with Gasteiger partial charge < -0.3 is 0 Å². The van der Waals surface area contributed by atoms with Gasteiger partial charge in [0.15, 0.2) is 0 Å². The third-order valence-corrected chi connectivity index (χ3v) is 3.44. The fourth-order valence-corrected chi connectivity index (χ4v) is 2.50. The molecule has 0 spiro atoms. The summed E-state index contributed by atoms with van der Waals surface area (Å²) in [4.78, 5) is 2.25. The molecule has 1 heteroatoms. The van der Waals surface area contributed by atoms with E-state index in [9.17, 15) is 0 Å². The number of hydrogen-bond acceptors (Lipinski definition) is 1. The fraction of sp³-hybridized carbons (Fsp3) is 0.667. The Labute approximate surface area is 81.8 Å². The molecule has 0 aromatic carbocycles. The molecule has 0 aromatic rings. The molecule has 1 rings (SSSR count). The van der Waals surface area contributed by atoms with Crippen molar-refractivity contribution in [2.75, 3.05) is 7.05 Å². The second-order valence-corrected chi connectivity index (χ2v) is 4.55. The van der Waals surface area contributed by atoms with Gasteiger partial charge in [0.05, 0.1) is 6.04 Å². The molecule has 0 N–H and O–H groups in total. The molecule has 3 atom stereocenters. The minimum absolute atomic E-state index is 0.231. The Hall–Kier alpha value is -0.740. The van der Waals surface area contributed by atoms with Crippen molar-refractivity contribution in [1.82, 2.24) is 4.90 Å². The summed E-state index contributed by atoms with van der Waals surface area (Å²) in [5.41, 5.74) is 1.46. The van der Waals surface area contributed by atoms with E-state index in [1.165, 1.54) is 5.57 Å². The Morgan fingerprint density at radius 1 is 1.69 bits per heavy atom. The summed E-state index contributed by atoms with van der Waals surface area (Å²) in [7, 11) is 2.09. The summed E-state index contributed by atoms with van der Waals surface area (Å²) in [6, 6.07) is 0.837. The average Bonchev–Trinajstić information content (AvgIpc) is 2.03. The first-order valence-electron chi connectivity index (χ1n) is 4.76. The van der Waals surface area contributed by atoms with Crippen LogP contribution in [0.3, 0.4) is 0 Å². The van der Waals surface area contributed by atoms with Gasteiger partial charge in [-0.1, -0.05) is 18.4 Å². The fourth-order valence-electron chi connectivity index (χ4n) is 2.50. The maximum Gasteiger partial charge on any atom is 0.0784 e. The van der Waals surface area contributed by atoms with Crippen LogP contribution >= 0.6 is 0 Å². The van der Waals surface area contributed by atoms with Crippen molar-refractivity contribution in [3.63, 3.8) is 0 Å². The molecule has 0 amide bonds. The lowest BCUT2D eigenvalue weighted by Crippen LogP contribution is -2.67. The molecule has 1 fully saturated rings. The third kappa shape index (κ3) is 1.40. The molecule has 0 saturated carbocycles. The lowest BCUT2D eigenvalue weighted by Gasteiger charge is -2.58. The Morgan fingerprint density at radius 2 is 2.23 bits per heavy atom. The van der Waals surface area contributed by atoms with Gasteiger partial charge in [-0.05, 0) is 27.3 Å². The number of likely N-dealkylation sites (tertiary alicyclic amines) is 1. The smallest absolute Gasteiger partial charge is 0.0784 e. The highest BCUT2D eigenvalue weighted by Gasteiger charge is 2.52. The zero-order valence-electron chi connectivity index (χ0n) is 9.09. The summed E-state index contributed by atoms with van der Waals surface area (Å²) in [5.74, 6) is 2.86. The zero-order chi connectivity index (χ0) is 10.2. The van der Waals surface area contributed by atoms with Crippen molar-refractivity contribution in [1.29, 1.82) is 0 Å². The van der Waals surface area contributed by atoms with Gasteiger partial charge in [0.1, 0.15) is 0 Å². The van der Waals surface area contributed by atoms with E-state index in [0.717, 1.165) is 6.42 Å². The average molecular weight is 177 g/mol. The van der Waals surface area contributed by atoms with E-state index in [2.05, 4.69) is 45.2 Å². The van der Waals surface area contributed by atoms with Crippen LogP contribution in [0.2, 0.25) is 0 Å². The standard InChI is InChI=1S/C12H19N/c1-7-11-12(5,8-9(2)3)10(4)13(11)6/h1,10-11H,2,8H2,3-6H3. The van der Waals surface area contributed by atoms with Crippen LogP contribution < -0.4 is 0 Å². The van der Waals surface area contributed by atoms with Crippen LogP contribution in [0.1, 0.15) is 27.2 Å². The van der Waals surface area contributed by atoms with E-state index in [-0.39, 0.29) is 11.5 Å². The first kappa shape index (κ1) is 10.3. The molecule has 1 nitrogen and oxygen atoms in total. The molecule has 0 aromatic heterocycles. The Bertz CT molecular complexity index is 261. The van der Waals surface area contributed by atoms with E-state index in [1.807, 2.05) is 0 Å². The summed E-state index contributed by atoms with van der Waals surface area (Å²) in [6.07, 6.45) is 6.55. The molecule has 3 unspecified atom stereocenters. The highest BCUT2D eigenvalue weighted by Crippen LogP contribution is 2.46. The number of rotatable bonds is 2. The van der Waals surface area contributed by atoms with Gasteiger partial charge in [0.2, 0.25) is 0 Å². The van der Waals surface area contributed by atoms with E-state index < -0.39 is 0 Å². The van der Waals surface area contributed by atoms with Crippen LogP contribution in [-0.2, 0) is 0 Å². The first-order valence-corrected chi connectivity index (χ1v) is 4.76. The van der Waals surface area contributed by atoms with E-state index in [1.54, 1.807) is 0 Å². The van der Waals surface area contributed by atoms with Gasteiger partial charge in [-0.15, -0.1) is 13.0 Å². The lowest BCUT2D eigenvalue weighted by molar-refractivity contribution is -0.0714. The van der Waals surface area contributed by atoms with Crippen molar-refractivity contribution in [2.45, 2.75) is 39.3 Å². The highest BCUT2D eigenvalue weighted by molar-refractivity contribution is 5.21. The molecular weight excluding hydrogens is 158 g/mol. The van der Waals surface area contributed by atoms with Gasteiger partial charge in [0.25, 0.3) is 0 Å². The summed E-state index contributed by atoms with van der Waals surface area (Å²) in [5, 5.41) is 0. The van der Waals surface area contributed by atoms with Crippen LogP contribution in [-0.4, -0.2) is 24.0 Å². The Balaban J connectivity index is 2.79. The molecule has 13 heavy (non-hydrogen) atoms. The molecule has 1 heterocycles. The number of allylic oxidation sites excluding steroid dienone is 1. The predicted octanol–water partition coefficient (Wildman–Crippen LogP) is 2.29. The molecule has 0 bridgehead atoms. The van der Waals surface area contributed by atoms with Gasteiger partial charge in [-0.2, -0.15) is 0 Å². The monoisotopic (exact) mass is 177 g/mol. The van der Waals surface area contributed by atoms with Gasteiger partial charge in [-0.25, -0.2) is 0 Å². The van der Waals surface area contributed by atoms with Crippen LogP contribution in [0.25, 0.3) is 0 Å². The SMILES string of the molecule is C#CC1N(C)C(C)C1(C)CC(=C)C. The van der Waals surface area contributed by atoms with Crippen LogP contribution in [0, 0.1) is 17.8 Å². The van der Waals surface area contributed by atoms with Crippen molar-refractivity contribution in [3.8, 4) is 12.3 Å². The minimum Gasteiger partial charge on any atom is -0.289 e. The molecule has 0 radical (unpaired) electrons. The highest BCUT2D eigenvalue weighted by atomic mass is 15.3. The summed E-state index contributed by atoms with van der Waals surface area (Å²) >= 11 is 0. The second-order valence-electron chi connectivity index (χ2n) is 4.55. The summed E-state index contributed by atoms with van der Waals surface area (Å²) < 4.78 is 0. The van der Waals surface area contributed by atoms with Gasteiger partial charge in [-0.3, -0.25) is 4.90 Å². The summed E-state index contributed by atoms with van der Waals surface area (Å²) in [6.45, 7) is 10.5. The molecule has 1 saturated heterocycles. The topological polar surface area (TPSA) is 3.24 Å². The number of terminal acetylenes is 1. The van der Waals surface area contributed by atoms with E-state index >= 15 is 0 Å². The zero-order valence-corrected chi connectivity index (χ0v) is 9.09. The predicted molar refractivity (Wildman–Crippen MR) is 57.4 cm³/mol. The molecule has 1 aliphatic heterocycles. The largest absolute Gasteiger partial charge is 0.289 e. The molecule has 1 aliphatic rings. The van der Waals surface area contributed by atoms with Crippen LogP contribution in [0.5, 0.6) is 0 Å². The normalized spacial score (nSPS) is 39.3. The molecule has 0 aliphatic carbocycles. The van der Waals surface area contributed by atoms with Crippen molar-refractivity contribution < 1.29 is 0 Å². The second kappa shape index (κ2) is 3.20. The van der Waals surface area contributed by atoms with E-state index in [0.29, 0.717) is 6.04 Å². The van der Waals surface area contributed by atoms with Crippen molar-refractivity contribution in [3.05, 3.63) is 12.2 Å². The Morgan fingerprint density at radius 3 is 2.62 bits per heavy atom. The minimum atomic E-state index is 0.231. The van der Waals surface area contributed by atoms with Gasteiger partial charge in [0, 0.05) is 11.5 Å². The quantitative estimate of drug-likeness (QED) is 0.462. The lowest BCUT2D eigenvalue weighted by atomic mass is 9.64. The van der Waals surface area contributed by atoms with Crippen molar-refractivity contribution in [2.24, 2.45) is 5.41 Å². The maximum absolute atomic E-state index is 5.52.